The van der Waals surface area contributed by atoms with Crippen molar-refractivity contribution in [2.45, 2.75) is 348 Å². The van der Waals surface area contributed by atoms with Crippen LogP contribution in [0.1, 0.15) is 342 Å². The molecule has 0 N–H and O–H groups in total. The summed E-state index contributed by atoms with van der Waals surface area (Å²) in [6.07, 6.45) is 96.7. The Morgan fingerprint density at radius 2 is 0.470 bits per heavy atom. The summed E-state index contributed by atoms with van der Waals surface area (Å²) in [5, 5.41) is 0. The van der Waals surface area contributed by atoms with Gasteiger partial charge in [0.05, 0.1) is 0 Å². The van der Waals surface area contributed by atoms with Crippen LogP contribution in [0.5, 0.6) is 0 Å². The van der Waals surface area contributed by atoms with Crippen molar-refractivity contribution in [2.75, 3.05) is 13.2 Å². The number of unbranched alkanes of at least 4 members (excludes halogenated alkanes) is 35. The molecule has 0 fully saturated rings. The maximum Gasteiger partial charge on any atom is 0.306 e. The molecule has 6 nitrogen and oxygen atoms in total. The van der Waals surface area contributed by atoms with Crippen molar-refractivity contribution in [3.63, 3.8) is 0 Å². The molecule has 0 saturated carbocycles. The Morgan fingerprint density at radius 3 is 0.747 bits per heavy atom. The Labute approximate surface area is 514 Å². The van der Waals surface area contributed by atoms with Crippen LogP contribution >= 0.6 is 0 Å². The largest absolute Gasteiger partial charge is 0.462 e. The van der Waals surface area contributed by atoms with E-state index in [0.717, 1.165) is 109 Å². The molecular formula is C77H132O6. The first kappa shape index (κ1) is 79.1. The molecule has 0 aliphatic carbocycles. The van der Waals surface area contributed by atoms with E-state index >= 15 is 0 Å². The smallest absolute Gasteiger partial charge is 0.306 e. The molecule has 476 valence electrons. The van der Waals surface area contributed by atoms with E-state index < -0.39 is 6.10 Å². The average Bonchev–Trinajstić information content (AvgIpc) is 3.49. The first-order valence-electron chi connectivity index (χ1n) is 35.4. The number of carbonyl (C=O) groups excluding carboxylic acids is 3. The number of hydrogen-bond donors (Lipinski definition) is 0. The third kappa shape index (κ3) is 68.7. The minimum Gasteiger partial charge on any atom is -0.462 e. The maximum atomic E-state index is 13.0. The van der Waals surface area contributed by atoms with Crippen LogP contribution in [-0.4, -0.2) is 37.2 Å². The Bertz CT molecular complexity index is 1660. The van der Waals surface area contributed by atoms with Crippen LogP contribution in [0.4, 0.5) is 0 Å². The number of esters is 3. The molecule has 83 heavy (non-hydrogen) atoms. The Morgan fingerprint density at radius 1 is 0.253 bits per heavy atom. The maximum absolute atomic E-state index is 13.0. The van der Waals surface area contributed by atoms with Gasteiger partial charge < -0.3 is 14.2 Å². The van der Waals surface area contributed by atoms with E-state index in [9.17, 15) is 14.4 Å². The van der Waals surface area contributed by atoms with Crippen molar-refractivity contribution in [2.24, 2.45) is 0 Å². The number of carbonyl (C=O) groups is 3. The lowest BCUT2D eigenvalue weighted by molar-refractivity contribution is -0.167. The molecule has 0 aliphatic heterocycles. The lowest BCUT2D eigenvalue weighted by Gasteiger charge is -2.18. The summed E-state index contributed by atoms with van der Waals surface area (Å²) in [6, 6.07) is 0. The van der Waals surface area contributed by atoms with Crippen molar-refractivity contribution >= 4 is 17.9 Å². The van der Waals surface area contributed by atoms with E-state index in [2.05, 4.69) is 130 Å². The van der Waals surface area contributed by atoms with Crippen molar-refractivity contribution in [1.82, 2.24) is 0 Å². The van der Waals surface area contributed by atoms with Crippen LogP contribution in [0.25, 0.3) is 0 Å². The monoisotopic (exact) mass is 1150 g/mol. The minimum atomic E-state index is -0.792. The lowest BCUT2D eigenvalue weighted by Crippen LogP contribution is -2.30. The molecule has 1 unspecified atom stereocenters. The second kappa shape index (κ2) is 70.6. The van der Waals surface area contributed by atoms with Gasteiger partial charge in [-0.3, -0.25) is 14.4 Å². The molecule has 0 aromatic heterocycles. The van der Waals surface area contributed by atoms with Crippen LogP contribution in [0.15, 0.2) is 109 Å². The molecule has 0 aliphatic rings. The minimum absolute atomic E-state index is 0.0857. The van der Waals surface area contributed by atoms with E-state index in [0.29, 0.717) is 19.3 Å². The molecule has 0 spiro atoms. The van der Waals surface area contributed by atoms with Crippen LogP contribution in [0, 0.1) is 0 Å². The first-order chi connectivity index (χ1) is 41.0. The van der Waals surface area contributed by atoms with Crippen molar-refractivity contribution < 1.29 is 28.6 Å². The van der Waals surface area contributed by atoms with Gasteiger partial charge in [0.2, 0.25) is 0 Å². The highest BCUT2D eigenvalue weighted by molar-refractivity contribution is 5.71. The standard InChI is InChI=1S/C77H132O6/c1-4-7-10-13-16-19-22-25-28-31-33-35-37-38-40-41-43-46-49-52-55-58-61-64-67-70-76(79)82-73-74(72-81-75(78)69-66-63-60-57-54-51-48-45-30-27-24-21-18-15-12-9-6-3)83-77(80)71-68-65-62-59-56-53-50-47-44-42-39-36-34-32-29-26-23-20-17-14-11-8-5-2/h8,11,17,20,22,25-27,29-31,33-34,36-38,42,44,74H,4-7,9-10,12-16,18-19,21,23-24,28,32,35,39-41,43,45-73H2,1-3H3/b11-8-,20-17-,25-22-,29-26-,30-27-,33-31-,36-34-,38-37-,44-42-. The van der Waals surface area contributed by atoms with Gasteiger partial charge in [-0.2, -0.15) is 0 Å². The predicted octanol–water partition coefficient (Wildman–Crippen LogP) is 24.6. The summed E-state index contributed by atoms with van der Waals surface area (Å²) < 4.78 is 17.0. The Kier molecular flexibility index (Phi) is 67.2. The van der Waals surface area contributed by atoms with Crippen LogP contribution in [0.2, 0.25) is 0 Å². The quantitative estimate of drug-likeness (QED) is 0.0261. The molecular weight excluding hydrogens is 1020 g/mol. The molecule has 0 aromatic rings. The SMILES string of the molecule is CC/C=C\C/C=C\C/C=C\C/C=C\C/C=C\CCCCCCCCCC(=O)OC(COC(=O)CCCCCCCCC/C=C\CCCCCCCC)COC(=O)CCCCCCCCCCCC/C=C\C/C=C\C/C=C\CCCCCCC. The van der Waals surface area contributed by atoms with Gasteiger partial charge in [0, 0.05) is 19.3 Å². The van der Waals surface area contributed by atoms with Crippen LogP contribution in [-0.2, 0) is 28.6 Å². The first-order valence-corrected chi connectivity index (χ1v) is 35.4. The molecule has 1 atom stereocenters. The summed E-state index contributed by atoms with van der Waals surface area (Å²) in [5.74, 6) is -0.891. The number of hydrogen-bond acceptors (Lipinski definition) is 6. The molecule has 0 rings (SSSR count). The number of allylic oxidation sites excluding steroid dienone is 18. The number of rotatable bonds is 64. The average molecular weight is 1150 g/mol. The zero-order valence-corrected chi connectivity index (χ0v) is 54.7. The van der Waals surface area contributed by atoms with E-state index in [4.69, 9.17) is 14.2 Å². The van der Waals surface area contributed by atoms with Gasteiger partial charge in [0.15, 0.2) is 6.10 Å². The molecule has 6 heteroatoms. The van der Waals surface area contributed by atoms with Gasteiger partial charge in [-0.15, -0.1) is 0 Å². The van der Waals surface area contributed by atoms with Gasteiger partial charge in [-0.25, -0.2) is 0 Å². The topological polar surface area (TPSA) is 78.9 Å². The molecule has 0 aromatic carbocycles. The van der Waals surface area contributed by atoms with Gasteiger partial charge in [-0.1, -0.05) is 304 Å². The van der Waals surface area contributed by atoms with Gasteiger partial charge in [0.25, 0.3) is 0 Å². The van der Waals surface area contributed by atoms with Crippen molar-refractivity contribution in [3.05, 3.63) is 109 Å². The van der Waals surface area contributed by atoms with Gasteiger partial charge >= 0.3 is 17.9 Å². The molecule has 0 radical (unpaired) electrons. The molecule has 0 bridgehead atoms. The van der Waals surface area contributed by atoms with Gasteiger partial charge in [0.1, 0.15) is 13.2 Å². The fourth-order valence-corrected chi connectivity index (χ4v) is 9.94. The summed E-state index contributed by atoms with van der Waals surface area (Å²) in [7, 11) is 0. The molecule has 0 amide bonds. The van der Waals surface area contributed by atoms with Crippen LogP contribution in [0.3, 0.4) is 0 Å². The third-order valence-corrected chi connectivity index (χ3v) is 15.2. The summed E-state index contributed by atoms with van der Waals surface area (Å²) >= 11 is 0. The van der Waals surface area contributed by atoms with E-state index in [1.807, 2.05) is 0 Å². The highest BCUT2D eigenvalue weighted by atomic mass is 16.6. The predicted molar refractivity (Wildman–Crippen MR) is 362 cm³/mol. The van der Waals surface area contributed by atoms with Gasteiger partial charge in [-0.05, 0) is 128 Å². The normalized spacial score (nSPS) is 12.8. The molecule has 0 heterocycles. The van der Waals surface area contributed by atoms with Crippen LogP contribution < -0.4 is 0 Å². The Hall–Kier alpha value is -3.93. The van der Waals surface area contributed by atoms with Crippen molar-refractivity contribution in [3.8, 4) is 0 Å². The third-order valence-electron chi connectivity index (χ3n) is 15.2. The molecule has 0 saturated heterocycles. The highest BCUT2D eigenvalue weighted by Gasteiger charge is 2.19. The van der Waals surface area contributed by atoms with E-state index in [-0.39, 0.29) is 31.1 Å². The lowest BCUT2D eigenvalue weighted by atomic mass is 10.1. The second-order valence-corrected chi connectivity index (χ2v) is 23.4. The fourth-order valence-electron chi connectivity index (χ4n) is 9.94. The zero-order valence-electron chi connectivity index (χ0n) is 54.7. The zero-order chi connectivity index (χ0) is 59.9. The highest BCUT2D eigenvalue weighted by Crippen LogP contribution is 2.16. The fraction of sp³-hybridized carbons (Fsp3) is 0.727. The van der Waals surface area contributed by atoms with E-state index in [1.54, 1.807) is 0 Å². The number of ether oxygens (including phenoxy) is 3. The summed E-state index contributed by atoms with van der Waals surface area (Å²) in [4.78, 5) is 38.5. The summed E-state index contributed by atoms with van der Waals surface area (Å²) in [6.45, 7) is 6.53. The Balaban J connectivity index is 4.40. The summed E-state index contributed by atoms with van der Waals surface area (Å²) in [5.41, 5.74) is 0. The van der Waals surface area contributed by atoms with E-state index in [1.165, 1.54) is 193 Å². The second-order valence-electron chi connectivity index (χ2n) is 23.4. The van der Waals surface area contributed by atoms with Crippen molar-refractivity contribution in [1.29, 1.82) is 0 Å².